The number of ether oxygens (including phenoxy) is 1. The number of methoxy groups -OCH3 is 1. The molecule has 30 heavy (non-hydrogen) atoms. The molecule has 4 rings (SSSR count). The molecule has 0 aliphatic heterocycles. The minimum absolute atomic E-state index is 0.133. The number of amides is 1. The average molecular weight is 399 g/mol. The SMILES string of the molecule is COc1ccc2cc(CN(C(=O)c3cccnc3)c3cccc(C)c3)c(=O)[nH]c2c1. The number of carbonyl (C=O) groups is 1. The van der Waals surface area contributed by atoms with Crippen molar-refractivity contribution in [2.24, 2.45) is 0 Å². The number of nitrogens with one attached hydrogen (secondary N) is 1. The van der Waals surface area contributed by atoms with E-state index in [4.69, 9.17) is 4.74 Å². The summed E-state index contributed by atoms with van der Waals surface area (Å²) in [6.45, 7) is 2.10. The zero-order valence-electron chi connectivity index (χ0n) is 16.8. The summed E-state index contributed by atoms with van der Waals surface area (Å²) in [5.41, 5.74) is 3.14. The molecule has 0 fully saturated rings. The van der Waals surface area contributed by atoms with Gasteiger partial charge in [-0.2, -0.15) is 0 Å². The number of benzene rings is 2. The number of hydrogen-bond acceptors (Lipinski definition) is 4. The molecule has 0 aliphatic rings. The summed E-state index contributed by atoms with van der Waals surface area (Å²) in [5, 5.41) is 0.864. The largest absolute Gasteiger partial charge is 0.497 e. The number of pyridine rings is 2. The van der Waals surface area contributed by atoms with Gasteiger partial charge >= 0.3 is 0 Å². The van der Waals surface area contributed by atoms with Crippen LogP contribution in [0.1, 0.15) is 21.5 Å². The van der Waals surface area contributed by atoms with Crippen molar-refractivity contribution in [3.63, 3.8) is 0 Å². The molecule has 4 aromatic rings. The standard InChI is InChI=1S/C24H21N3O3/c1-16-5-3-7-20(11-16)27(24(29)18-6-4-10-25-14-18)15-19-12-17-8-9-21(30-2)13-22(17)26-23(19)28/h3-14H,15H2,1-2H3,(H,26,28). The number of nitrogens with zero attached hydrogens (tertiary/aromatic N) is 2. The number of aromatic nitrogens is 2. The Balaban J connectivity index is 1.77. The van der Waals surface area contributed by atoms with Gasteiger partial charge < -0.3 is 14.6 Å². The molecule has 0 aliphatic carbocycles. The molecule has 2 heterocycles. The van der Waals surface area contributed by atoms with E-state index < -0.39 is 0 Å². The smallest absolute Gasteiger partial charge is 0.260 e. The second-order valence-corrected chi connectivity index (χ2v) is 7.05. The van der Waals surface area contributed by atoms with Crippen LogP contribution >= 0.6 is 0 Å². The van der Waals surface area contributed by atoms with Gasteiger partial charge in [0.25, 0.3) is 11.5 Å². The topological polar surface area (TPSA) is 75.3 Å². The molecule has 0 saturated carbocycles. The molecule has 2 aromatic heterocycles. The van der Waals surface area contributed by atoms with Crippen molar-refractivity contribution >= 4 is 22.5 Å². The van der Waals surface area contributed by atoms with Crippen LogP contribution < -0.4 is 15.2 Å². The van der Waals surface area contributed by atoms with Crippen LogP contribution in [0.5, 0.6) is 5.75 Å². The molecule has 0 spiro atoms. The maximum absolute atomic E-state index is 13.3. The van der Waals surface area contributed by atoms with E-state index in [1.165, 1.54) is 6.20 Å². The normalized spacial score (nSPS) is 10.7. The fourth-order valence-corrected chi connectivity index (χ4v) is 3.36. The number of anilines is 1. The molecule has 0 radical (unpaired) electrons. The van der Waals surface area contributed by atoms with Crippen molar-refractivity contribution in [2.75, 3.05) is 12.0 Å². The van der Waals surface area contributed by atoms with Crippen LogP contribution in [0, 0.1) is 6.92 Å². The highest BCUT2D eigenvalue weighted by Gasteiger charge is 2.20. The van der Waals surface area contributed by atoms with Gasteiger partial charge in [-0.15, -0.1) is 0 Å². The van der Waals surface area contributed by atoms with Crippen LogP contribution in [0.2, 0.25) is 0 Å². The lowest BCUT2D eigenvalue weighted by molar-refractivity contribution is 0.0984. The Morgan fingerprint density at radius 2 is 1.97 bits per heavy atom. The van der Waals surface area contributed by atoms with Gasteiger partial charge in [0.15, 0.2) is 0 Å². The number of H-pyrrole nitrogens is 1. The summed E-state index contributed by atoms with van der Waals surface area (Å²) < 4.78 is 5.23. The first-order valence-corrected chi connectivity index (χ1v) is 9.53. The predicted molar refractivity (Wildman–Crippen MR) is 117 cm³/mol. The summed E-state index contributed by atoms with van der Waals surface area (Å²) in [6.07, 6.45) is 3.15. The lowest BCUT2D eigenvalue weighted by Gasteiger charge is -2.23. The van der Waals surface area contributed by atoms with Crippen molar-refractivity contribution < 1.29 is 9.53 Å². The molecule has 150 valence electrons. The van der Waals surface area contributed by atoms with Crippen molar-refractivity contribution in [2.45, 2.75) is 13.5 Å². The van der Waals surface area contributed by atoms with E-state index in [-0.39, 0.29) is 18.0 Å². The first-order valence-electron chi connectivity index (χ1n) is 9.53. The van der Waals surface area contributed by atoms with Gasteiger partial charge in [0.05, 0.1) is 24.7 Å². The first kappa shape index (κ1) is 19.4. The average Bonchev–Trinajstić information content (AvgIpc) is 2.77. The Morgan fingerprint density at radius 1 is 1.10 bits per heavy atom. The Kier molecular flexibility index (Phi) is 5.30. The number of aromatic amines is 1. The minimum Gasteiger partial charge on any atom is -0.497 e. The third-order valence-electron chi connectivity index (χ3n) is 4.93. The lowest BCUT2D eigenvalue weighted by atomic mass is 10.1. The first-order chi connectivity index (χ1) is 14.5. The molecule has 1 N–H and O–H groups in total. The van der Waals surface area contributed by atoms with Crippen LogP contribution in [-0.4, -0.2) is 23.0 Å². The van der Waals surface area contributed by atoms with E-state index >= 15 is 0 Å². The summed E-state index contributed by atoms with van der Waals surface area (Å²) in [7, 11) is 1.58. The lowest BCUT2D eigenvalue weighted by Crippen LogP contribution is -2.33. The summed E-state index contributed by atoms with van der Waals surface area (Å²) in [4.78, 5) is 34.6. The fraction of sp³-hybridized carbons (Fsp3) is 0.125. The van der Waals surface area contributed by atoms with Gasteiger partial charge in [0.2, 0.25) is 0 Å². The molecule has 2 aromatic carbocycles. The Bertz CT molecular complexity index is 1270. The van der Waals surface area contributed by atoms with Crippen molar-refractivity contribution in [1.82, 2.24) is 9.97 Å². The second-order valence-electron chi connectivity index (χ2n) is 7.05. The molecule has 1 amide bonds. The van der Waals surface area contributed by atoms with Crippen molar-refractivity contribution in [1.29, 1.82) is 0 Å². The van der Waals surface area contributed by atoms with Gasteiger partial charge in [0.1, 0.15) is 5.75 Å². The van der Waals surface area contributed by atoms with Gasteiger partial charge in [0, 0.05) is 29.7 Å². The third-order valence-corrected chi connectivity index (χ3v) is 4.93. The summed E-state index contributed by atoms with van der Waals surface area (Å²) >= 11 is 0. The fourth-order valence-electron chi connectivity index (χ4n) is 3.36. The zero-order chi connectivity index (χ0) is 21.1. The van der Waals surface area contributed by atoms with Crippen molar-refractivity contribution in [3.8, 4) is 5.75 Å². The van der Waals surface area contributed by atoms with Crippen LogP contribution in [0.25, 0.3) is 10.9 Å². The van der Waals surface area contributed by atoms with Gasteiger partial charge in [-0.3, -0.25) is 14.6 Å². The quantitative estimate of drug-likeness (QED) is 0.549. The molecule has 0 atom stereocenters. The molecule has 0 saturated heterocycles. The van der Waals surface area contributed by atoms with E-state index in [9.17, 15) is 9.59 Å². The van der Waals surface area contributed by atoms with Gasteiger partial charge in [-0.25, -0.2) is 0 Å². The monoisotopic (exact) mass is 399 g/mol. The van der Waals surface area contributed by atoms with Gasteiger partial charge in [-0.1, -0.05) is 12.1 Å². The highest BCUT2D eigenvalue weighted by molar-refractivity contribution is 6.05. The molecule has 6 nitrogen and oxygen atoms in total. The van der Waals surface area contributed by atoms with Gasteiger partial charge in [-0.05, 0) is 60.3 Å². The highest BCUT2D eigenvalue weighted by Crippen LogP contribution is 2.23. The number of aryl methyl sites for hydroxylation is 1. The van der Waals surface area contributed by atoms with E-state index in [0.29, 0.717) is 22.4 Å². The summed E-state index contributed by atoms with van der Waals surface area (Å²) in [6, 6.07) is 18.4. The third kappa shape index (κ3) is 3.93. The second kappa shape index (κ2) is 8.21. The predicted octanol–water partition coefficient (Wildman–Crippen LogP) is 4.09. The molecular weight excluding hydrogens is 378 g/mol. The molecule has 6 heteroatoms. The Hall–Kier alpha value is -3.93. The van der Waals surface area contributed by atoms with Crippen LogP contribution in [0.15, 0.2) is 77.9 Å². The number of hydrogen-bond donors (Lipinski definition) is 1. The maximum Gasteiger partial charge on any atom is 0.260 e. The van der Waals surface area contributed by atoms with Crippen LogP contribution in [-0.2, 0) is 6.54 Å². The number of fused-ring (bicyclic) bond motifs is 1. The Morgan fingerprint density at radius 3 is 2.70 bits per heavy atom. The van der Waals surface area contributed by atoms with E-state index in [1.54, 1.807) is 36.4 Å². The number of carbonyl (C=O) groups excluding carboxylic acids is 1. The molecule has 0 unspecified atom stereocenters. The van der Waals surface area contributed by atoms with Crippen LogP contribution in [0.3, 0.4) is 0 Å². The molecular formula is C24H21N3O3. The highest BCUT2D eigenvalue weighted by atomic mass is 16.5. The zero-order valence-corrected chi connectivity index (χ0v) is 16.8. The summed E-state index contributed by atoms with van der Waals surface area (Å²) in [5.74, 6) is 0.446. The maximum atomic E-state index is 13.3. The number of rotatable bonds is 5. The minimum atomic E-state index is -0.243. The van der Waals surface area contributed by atoms with Crippen molar-refractivity contribution in [3.05, 3.63) is 100 Å². The van der Waals surface area contributed by atoms with Crippen LogP contribution in [0.4, 0.5) is 5.69 Å². The van der Waals surface area contributed by atoms with E-state index in [0.717, 1.165) is 16.6 Å². The van der Waals surface area contributed by atoms with E-state index in [2.05, 4.69) is 9.97 Å². The molecule has 0 bridgehead atoms. The van der Waals surface area contributed by atoms with E-state index in [1.807, 2.05) is 49.4 Å². The Labute approximate surface area is 173 Å².